The van der Waals surface area contributed by atoms with Gasteiger partial charge in [0.05, 0.1) is 50.8 Å². The van der Waals surface area contributed by atoms with Crippen molar-refractivity contribution in [1.29, 1.82) is 0 Å². The molecule has 4 saturated heterocycles. The van der Waals surface area contributed by atoms with E-state index in [-0.39, 0.29) is 36.4 Å². The van der Waals surface area contributed by atoms with E-state index in [0.29, 0.717) is 32.7 Å². The smallest absolute Gasteiger partial charge is 0.284 e. The zero-order valence-electron chi connectivity index (χ0n) is 35.9. The zero-order valence-corrected chi connectivity index (χ0v) is 35.9. The lowest BCUT2D eigenvalue weighted by Gasteiger charge is -2.62. The van der Waals surface area contributed by atoms with Crippen LogP contribution in [-0.4, -0.2) is 87.4 Å². The number of aliphatic hydroxyl groups is 3. The molecule has 0 radical (unpaired) electrons. The van der Waals surface area contributed by atoms with E-state index in [9.17, 15) is 15.3 Å². The summed E-state index contributed by atoms with van der Waals surface area (Å²) < 4.78 is 49.6. The van der Waals surface area contributed by atoms with E-state index in [1.54, 1.807) is 0 Å². The van der Waals surface area contributed by atoms with Crippen molar-refractivity contribution in [3.05, 3.63) is 120 Å². The van der Waals surface area contributed by atoms with Crippen LogP contribution in [0.25, 0.3) is 0 Å². The molecule has 0 amide bonds. The van der Waals surface area contributed by atoms with Crippen molar-refractivity contribution in [3.63, 3.8) is 0 Å². The average molecular weight is 837 g/mol. The Morgan fingerprint density at radius 3 is 2.08 bits per heavy atom. The Bertz CT molecular complexity index is 2020. The van der Waals surface area contributed by atoms with Gasteiger partial charge in [-0.05, 0) is 72.6 Å². The summed E-state index contributed by atoms with van der Waals surface area (Å²) in [5, 5.41) is 38.7. The summed E-state index contributed by atoms with van der Waals surface area (Å²) in [6.45, 7) is 11.9. The van der Waals surface area contributed by atoms with Gasteiger partial charge in [0.2, 0.25) is 0 Å². The lowest BCUT2D eigenvalue weighted by Crippen LogP contribution is -2.74. The predicted octanol–water partition coefficient (Wildman–Crippen LogP) is 7.27. The first-order valence-corrected chi connectivity index (χ1v) is 22.9. The van der Waals surface area contributed by atoms with Crippen molar-refractivity contribution in [2.75, 3.05) is 13.2 Å². The van der Waals surface area contributed by atoms with Gasteiger partial charge >= 0.3 is 0 Å². The van der Waals surface area contributed by atoms with Crippen LogP contribution >= 0.6 is 0 Å². The minimum absolute atomic E-state index is 0.0132. The molecule has 4 heterocycles. The van der Waals surface area contributed by atoms with Gasteiger partial charge in [-0.2, -0.15) is 0 Å². The Hall–Kier alpha value is -3.00. The van der Waals surface area contributed by atoms with Gasteiger partial charge in [0.1, 0.15) is 35.1 Å². The Morgan fingerprint density at radius 1 is 0.803 bits per heavy atom. The summed E-state index contributed by atoms with van der Waals surface area (Å²) in [4.78, 5) is 0. The molecule has 61 heavy (non-hydrogen) atoms. The van der Waals surface area contributed by atoms with Crippen LogP contribution in [0.5, 0.6) is 0 Å². The maximum absolute atomic E-state index is 14.2. The maximum Gasteiger partial charge on any atom is 0.284 e. The van der Waals surface area contributed by atoms with E-state index < -0.39 is 71.2 Å². The average Bonchev–Trinajstić information content (AvgIpc) is 3.90. The van der Waals surface area contributed by atoms with Crippen molar-refractivity contribution < 1.29 is 48.5 Å². The fourth-order valence-electron chi connectivity index (χ4n) is 13.6. The third-order valence-corrected chi connectivity index (χ3v) is 16.2. The van der Waals surface area contributed by atoms with E-state index in [1.165, 1.54) is 0 Å². The lowest BCUT2D eigenvalue weighted by molar-refractivity contribution is -0.440. The molecule has 3 aromatic rings. The van der Waals surface area contributed by atoms with Crippen LogP contribution < -0.4 is 0 Å². The summed E-state index contributed by atoms with van der Waals surface area (Å²) in [5.74, 6) is -3.55. The van der Waals surface area contributed by atoms with Crippen molar-refractivity contribution in [2.24, 2.45) is 35.5 Å². The molecule has 3 bridgehead atoms. The molecule has 10 nitrogen and oxygen atoms in total. The normalized spacial score (nSPS) is 44.6. The van der Waals surface area contributed by atoms with Crippen molar-refractivity contribution in [2.45, 2.75) is 144 Å². The van der Waals surface area contributed by atoms with E-state index in [2.05, 4.69) is 44.7 Å². The highest BCUT2D eigenvalue weighted by atomic mass is 16.9. The molecule has 1 unspecified atom stereocenters. The van der Waals surface area contributed by atoms with Crippen LogP contribution in [0.1, 0.15) is 82.4 Å². The highest BCUT2D eigenvalue weighted by molar-refractivity contribution is 5.38. The van der Waals surface area contributed by atoms with Crippen LogP contribution in [0.15, 0.2) is 103 Å². The molecule has 2 spiro atoms. The molecule has 3 aliphatic carbocycles. The van der Waals surface area contributed by atoms with Gasteiger partial charge < -0.3 is 48.5 Å². The molecule has 3 saturated carbocycles. The van der Waals surface area contributed by atoms with Gasteiger partial charge in [-0.1, -0.05) is 124 Å². The first-order valence-electron chi connectivity index (χ1n) is 22.9. The monoisotopic (exact) mass is 836 g/mol. The molecule has 16 atom stereocenters. The Balaban J connectivity index is 1.14. The van der Waals surface area contributed by atoms with E-state index in [4.69, 9.17) is 33.2 Å². The summed E-state index contributed by atoms with van der Waals surface area (Å²) in [5.41, 5.74) is -1.59. The second-order valence-electron chi connectivity index (χ2n) is 19.7. The van der Waals surface area contributed by atoms with Gasteiger partial charge in [-0.3, -0.25) is 0 Å². The Kier molecular flexibility index (Phi) is 10.9. The molecule has 7 aliphatic rings. The Morgan fingerprint density at radius 2 is 1.44 bits per heavy atom. The van der Waals surface area contributed by atoms with Gasteiger partial charge in [-0.15, -0.1) is 0 Å². The number of fused-ring (bicyclic) bond motifs is 1. The maximum atomic E-state index is 14.2. The first-order chi connectivity index (χ1) is 29.5. The van der Waals surface area contributed by atoms with E-state index >= 15 is 0 Å². The summed E-state index contributed by atoms with van der Waals surface area (Å²) in [6.07, 6.45) is 1.59. The highest BCUT2D eigenvalue weighted by Gasteiger charge is 2.90. The minimum atomic E-state index is -1.93. The SMILES string of the molecule is C=C(C)[C@]12C[C@@H](COCc3ccccc3)[C@@]34OC5(CCCCC[C@@H](OCc6ccccc6)C[C@@H](C)[C@H]6[C@H](C)[C@H](OCc7ccccc7)[C@@](O)([C@H](O)[C@@]7(CO)O[C@H]7[C@H]3[C@H]1O5)[C@@H]64)O2. The molecule has 10 rings (SSSR count). The van der Waals surface area contributed by atoms with Gasteiger partial charge in [0.15, 0.2) is 0 Å². The fraction of sp³-hybridized carbons (Fsp3) is 0.608. The largest absolute Gasteiger partial charge is 0.393 e. The van der Waals surface area contributed by atoms with Crippen LogP contribution in [-0.2, 0) is 53.0 Å². The zero-order chi connectivity index (χ0) is 42.2. The topological polar surface area (TPSA) is 129 Å². The second kappa shape index (κ2) is 15.9. The van der Waals surface area contributed by atoms with Gasteiger partial charge in [0, 0.05) is 24.2 Å². The van der Waals surface area contributed by atoms with E-state index in [1.807, 2.05) is 73.7 Å². The number of hydrogen-bond donors (Lipinski definition) is 3. The van der Waals surface area contributed by atoms with Crippen LogP contribution in [0.4, 0.5) is 0 Å². The molecule has 10 heteroatoms. The third-order valence-electron chi connectivity index (χ3n) is 16.2. The summed E-state index contributed by atoms with van der Waals surface area (Å²) in [6, 6.07) is 30.4. The third kappa shape index (κ3) is 6.57. The molecule has 3 aromatic carbocycles. The van der Waals surface area contributed by atoms with Gasteiger partial charge in [0.25, 0.3) is 5.97 Å². The number of rotatable bonds is 12. The highest BCUT2D eigenvalue weighted by Crippen LogP contribution is 2.75. The number of ether oxygens (including phenoxy) is 7. The molecule has 0 aromatic heterocycles. The first kappa shape index (κ1) is 42.0. The van der Waals surface area contributed by atoms with Crippen LogP contribution in [0.3, 0.4) is 0 Å². The molecular formula is C51H64O10. The minimum Gasteiger partial charge on any atom is -0.393 e. The lowest BCUT2D eigenvalue weighted by atomic mass is 9.51. The standard InChI is InChI=1S/C51H64O10/c1-32(2)47-26-38(30-55-27-35-17-9-5-10-18-35)51-41-44(47)59-49(60-47,61-51)24-16-8-15-23-39(56-28-36-19-11-6-12-20-36)25-33(3)40-34(4)43(57-29-37-21-13-7-14-22-37)50(54,42(40)51)46(53)48(31-52)45(41)58-48/h5-7,9-14,17-22,33-34,38-46,52-54H,1,8,15-16,23-31H2,2-4H3/t33-,34+,38+,39-,40+,41-,42-,43+,44-,45+,46-,47-,48+,49?,50-,51-/m1/s1. The molecule has 7 fully saturated rings. The predicted molar refractivity (Wildman–Crippen MR) is 226 cm³/mol. The Labute approximate surface area is 360 Å². The number of aliphatic hydroxyl groups excluding tert-OH is 2. The quantitative estimate of drug-likeness (QED) is 0.127. The number of benzene rings is 3. The molecule has 4 aliphatic heterocycles. The second-order valence-corrected chi connectivity index (χ2v) is 19.7. The number of hydrogen-bond acceptors (Lipinski definition) is 10. The van der Waals surface area contributed by atoms with Crippen molar-refractivity contribution >= 4 is 0 Å². The summed E-state index contributed by atoms with van der Waals surface area (Å²) >= 11 is 0. The van der Waals surface area contributed by atoms with Crippen molar-refractivity contribution in [3.8, 4) is 0 Å². The van der Waals surface area contributed by atoms with E-state index in [0.717, 1.165) is 54.4 Å². The molecule has 3 N–H and O–H groups in total. The van der Waals surface area contributed by atoms with Crippen LogP contribution in [0.2, 0.25) is 0 Å². The van der Waals surface area contributed by atoms with Crippen molar-refractivity contribution in [1.82, 2.24) is 0 Å². The van der Waals surface area contributed by atoms with Crippen LogP contribution in [0, 0.1) is 35.5 Å². The molecular weight excluding hydrogens is 773 g/mol. The summed E-state index contributed by atoms with van der Waals surface area (Å²) in [7, 11) is 0. The molecule has 328 valence electrons. The number of epoxide rings is 1. The fourth-order valence-corrected chi connectivity index (χ4v) is 13.6. The van der Waals surface area contributed by atoms with Gasteiger partial charge in [-0.25, -0.2) is 0 Å².